The van der Waals surface area contributed by atoms with Gasteiger partial charge in [0.05, 0.1) is 12.8 Å². The third kappa shape index (κ3) is 14.5. The lowest BCUT2D eigenvalue weighted by molar-refractivity contribution is -0.170. The van der Waals surface area contributed by atoms with Crippen molar-refractivity contribution in [2.45, 2.75) is 57.7 Å². The molecule has 6 N–H and O–H groups in total. The van der Waals surface area contributed by atoms with Gasteiger partial charge in [-0.1, -0.05) is 0 Å². The number of carboxylic acids is 3. The average molecular weight is 394 g/mol. The molecule has 0 spiro atoms. The van der Waals surface area contributed by atoms with Gasteiger partial charge in [0.2, 0.25) is 0 Å². The molecule has 0 bridgehead atoms. The van der Waals surface area contributed by atoms with Crippen LogP contribution in [0, 0.1) is 0 Å². The highest BCUT2D eigenvalue weighted by Crippen LogP contribution is 2.15. The molecular formula is C16H30N2O9. The fraction of sp³-hybridized carbons (Fsp3) is 0.750. The maximum Gasteiger partial charge on any atom is 0.410 e. The Labute approximate surface area is 157 Å². The third-order valence-corrected chi connectivity index (χ3v) is 2.94. The van der Waals surface area contributed by atoms with E-state index in [1.54, 1.807) is 11.9 Å². The number of nitrogens with two attached hydrogens (primary N) is 1. The predicted octanol–water partition coefficient (Wildman–Crippen LogP) is 0.344. The Morgan fingerprint density at radius 3 is 1.70 bits per heavy atom. The van der Waals surface area contributed by atoms with E-state index < -0.39 is 42.0 Å². The summed E-state index contributed by atoms with van der Waals surface area (Å²) in [6.07, 6.45) is -0.697. The SMILES string of the molecule is CN(CCCCN)C(=O)OC(C)(C)C.O=C(O)CC(O)(CC(=O)O)C(=O)O. The summed E-state index contributed by atoms with van der Waals surface area (Å²) in [4.78, 5) is 43.5. The summed E-state index contributed by atoms with van der Waals surface area (Å²) >= 11 is 0. The van der Waals surface area contributed by atoms with Crippen molar-refractivity contribution in [1.29, 1.82) is 0 Å². The molecule has 0 saturated carbocycles. The molecule has 0 unspecified atom stereocenters. The van der Waals surface area contributed by atoms with Gasteiger partial charge < -0.3 is 35.8 Å². The number of hydrogen-bond acceptors (Lipinski definition) is 7. The van der Waals surface area contributed by atoms with E-state index in [2.05, 4.69) is 0 Å². The molecule has 0 aliphatic carbocycles. The summed E-state index contributed by atoms with van der Waals surface area (Å²) in [6, 6.07) is 0. The Bertz CT molecular complexity index is 499. The second-order valence-electron chi connectivity index (χ2n) is 6.88. The molecule has 11 heteroatoms. The van der Waals surface area contributed by atoms with Crippen molar-refractivity contribution in [3.05, 3.63) is 0 Å². The maximum absolute atomic E-state index is 11.4. The van der Waals surface area contributed by atoms with Crippen molar-refractivity contribution < 1.29 is 44.3 Å². The zero-order chi connectivity index (χ0) is 21.8. The summed E-state index contributed by atoms with van der Waals surface area (Å²) in [5.74, 6) is -5.02. The molecule has 0 atom stereocenters. The Morgan fingerprint density at radius 2 is 1.41 bits per heavy atom. The molecule has 0 radical (unpaired) electrons. The number of hydrogen-bond donors (Lipinski definition) is 5. The van der Waals surface area contributed by atoms with E-state index in [1.165, 1.54) is 0 Å². The van der Waals surface area contributed by atoms with E-state index in [0.717, 1.165) is 12.8 Å². The highest BCUT2D eigenvalue weighted by atomic mass is 16.6. The number of aliphatic hydroxyl groups is 1. The number of nitrogens with zero attached hydrogens (tertiary/aromatic N) is 1. The molecule has 0 saturated heterocycles. The Kier molecular flexibility index (Phi) is 12.0. The summed E-state index contributed by atoms with van der Waals surface area (Å²) in [7, 11) is 1.74. The standard InChI is InChI=1S/C10H22N2O2.C6H8O7/c1-10(2,3)14-9(13)12(4)8-6-5-7-11;7-3(8)1-6(13,5(11)12)2-4(9)10/h5-8,11H2,1-4H3;13H,1-2H2,(H,7,8)(H,9,10)(H,11,12). The second-order valence-corrected chi connectivity index (χ2v) is 6.88. The monoisotopic (exact) mass is 394 g/mol. The van der Waals surface area contributed by atoms with E-state index in [9.17, 15) is 19.2 Å². The fourth-order valence-corrected chi connectivity index (χ4v) is 1.64. The highest BCUT2D eigenvalue weighted by Gasteiger charge is 2.40. The topological polar surface area (TPSA) is 188 Å². The molecule has 1 amide bonds. The Hall–Kier alpha value is -2.40. The first-order chi connectivity index (χ1) is 12.1. The minimum Gasteiger partial charge on any atom is -0.481 e. The number of carbonyl (C=O) groups is 4. The van der Waals surface area contributed by atoms with Crippen LogP contribution in [0.3, 0.4) is 0 Å². The second kappa shape index (κ2) is 12.1. The molecule has 0 rings (SSSR count). The largest absolute Gasteiger partial charge is 0.481 e. The molecule has 0 aliphatic heterocycles. The molecule has 0 aromatic rings. The van der Waals surface area contributed by atoms with Gasteiger partial charge >= 0.3 is 24.0 Å². The zero-order valence-corrected chi connectivity index (χ0v) is 16.1. The van der Waals surface area contributed by atoms with Gasteiger partial charge in [0.15, 0.2) is 5.60 Å². The van der Waals surface area contributed by atoms with Crippen molar-refractivity contribution in [2.75, 3.05) is 20.1 Å². The molecule has 11 nitrogen and oxygen atoms in total. The number of unbranched alkanes of at least 4 members (excludes halogenated alkanes) is 1. The summed E-state index contributed by atoms with van der Waals surface area (Å²) < 4.78 is 5.19. The van der Waals surface area contributed by atoms with Crippen molar-refractivity contribution in [1.82, 2.24) is 4.90 Å². The van der Waals surface area contributed by atoms with Crippen LogP contribution in [0.15, 0.2) is 0 Å². The zero-order valence-electron chi connectivity index (χ0n) is 16.1. The van der Waals surface area contributed by atoms with Crippen molar-refractivity contribution in [3.63, 3.8) is 0 Å². The van der Waals surface area contributed by atoms with E-state index in [1.807, 2.05) is 20.8 Å². The quantitative estimate of drug-likeness (QED) is 0.341. The smallest absolute Gasteiger partial charge is 0.410 e. The lowest BCUT2D eigenvalue weighted by Gasteiger charge is -2.24. The van der Waals surface area contributed by atoms with Gasteiger partial charge in [-0.3, -0.25) is 9.59 Å². The number of carbonyl (C=O) groups excluding carboxylic acids is 1. The van der Waals surface area contributed by atoms with E-state index in [-0.39, 0.29) is 6.09 Å². The number of carboxylic acid groups (broad SMARTS) is 3. The van der Waals surface area contributed by atoms with Crippen LogP contribution in [-0.2, 0) is 19.1 Å². The molecule has 0 heterocycles. The lowest BCUT2D eigenvalue weighted by Crippen LogP contribution is -2.42. The summed E-state index contributed by atoms with van der Waals surface area (Å²) in [5.41, 5.74) is 2.20. The first-order valence-electron chi connectivity index (χ1n) is 8.18. The first-order valence-corrected chi connectivity index (χ1v) is 8.18. The predicted molar refractivity (Wildman–Crippen MR) is 94.2 cm³/mol. The van der Waals surface area contributed by atoms with Crippen LogP contribution in [0.25, 0.3) is 0 Å². The summed E-state index contributed by atoms with van der Waals surface area (Å²) in [5, 5.41) is 33.8. The van der Waals surface area contributed by atoms with Gasteiger partial charge in [0.1, 0.15) is 5.60 Å². The van der Waals surface area contributed by atoms with Gasteiger partial charge in [-0.15, -0.1) is 0 Å². The number of aliphatic carboxylic acids is 3. The fourth-order valence-electron chi connectivity index (χ4n) is 1.64. The van der Waals surface area contributed by atoms with Crippen LogP contribution in [0.1, 0.15) is 46.5 Å². The minimum atomic E-state index is -2.74. The van der Waals surface area contributed by atoms with Crippen molar-refractivity contribution in [3.8, 4) is 0 Å². The average Bonchev–Trinajstić information content (AvgIpc) is 2.44. The normalized spacial score (nSPS) is 11.0. The van der Waals surface area contributed by atoms with Gasteiger partial charge in [-0.25, -0.2) is 9.59 Å². The highest BCUT2D eigenvalue weighted by molar-refractivity contribution is 5.88. The maximum atomic E-state index is 11.4. The van der Waals surface area contributed by atoms with Crippen molar-refractivity contribution in [2.24, 2.45) is 5.73 Å². The molecule has 0 fully saturated rings. The van der Waals surface area contributed by atoms with Crippen molar-refractivity contribution >= 4 is 24.0 Å². The van der Waals surface area contributed by atoms with Crippen LogP contribution in [0.5, 0.6) is 0 Å². The molecule has 158 valence electrons. The molecule has 0 aromatic heterocycles. The van der Waals surface area contributed by atoms with E-state index in [0.29, 0.717) is 13.1 Å². The van der Waals surface area contributed by atoms with Crippen LogP contribution in [0.4, 0.5) is 4.79 Å². The first kappa shape index (κ1) is 26.8. The van der Waals surface area contributed by atoms with Gasteiger partial charge in [0.25, 0.3) is 0 Å². The molecule has 0 aliphatic rings. The number of rotatable bonds is 9. The van der Waals surface area contributed by atoms with Gasteiger partial charge in [0, 0.05) is 13.6 Å². The molecule has 0 aromatic carbocycles. The van der Waals surface area contributed by atoms with Gasteiger partial charge in [-0.05, 0) is 40.2 Å². The molecular weight excluding hydrogens is 364 g/mol. The van der Waals surface area contributed by atoms with E-state index >= 15 is 0 Å². The Morgan fingerprint density at radius 1 is 0.963 bits per heavy atom. The van der Waals surface area contributed by atoms with Crippen LogP contribution in [0.2, 0.25) is 0 Å². The Balaban J connectivity index is 0. The number of ether oxygens (including phenoxy) is 1. The summed E-state index contributed by atoms with van der Waals surface area (Å²) in [6.45, 7) is 6.95. The van der Waals surface area contributed by atoms with Crippen LogP contribution >= 0.6 is 0 Å². The van der Waals surface area contributed by atoms with Gasteiger partial charge in [-0.2, -0.15) is 0 Å². The van der Waals surface area contributed by atoms with E-state index in [4.69, 9.17) is 30.9 Å². The van der Waals surface area contributed by atoms with Crippen LogP contribution in [-0.4, -0.2) is 80.7 Å². The minimum absolute atomic E-state index is 0.269. The third-order valence-electron chi connectivity index (χ3n) is 2.94. The molecule has 27 heavy (non-hydrogen) atoms. The lowest BCUT2D eigenvalue weighted by atomic mass is 9.96. The van der Waals surface area contributed by atoms with Crippen LogP contribution < -0.4 is 5.73 Å². The number of amides is 1.